The highest BCUT2D eigenvalue weighted by Crippen LogP contribution is 2.31. The Morgan fingerprint density at radius 3 is 2.92 bits per heavy atom. The van der Waals surface area contributed by atoms with Gasteiger partial charge in [0.05, 0.1) is 6.54 Å². The second-order valence-electron chi connectivity index (χ2n) is 5.74. The topological polar surface area (TPSA) is 65.3 Å². The van der Waals surface area contributed by atoms with Gasteiger partial charge in [-0.15, -0.1) is 0 Å². The molecule has 0 N–H and O–H groups in total. The van der Waals surface area contributed by atoms with Crippen LogP contribution < -0.4 is 14.4 Å². The van der Waals surface area contributed by atoms with Crippen LogP contribution in [0.3, 0.4) is 0 Å². The summed E-state index contributed by atoms with van der Waals surface area (Å²) in [6.07, 6.45) is 6.82. The highest BCUT2D eigenvalue weighted by molar-refractivity contribution is 5.44. The predicted octanol–water partition coefficient (Wildman–Crippen LogP) is 2.33. The van der Waals surface area contributed by atoms with Crippen LogP contribution in [0.25, 0.3) is 5.82 Å². The number of hydrogen-bond donors (Lipinski definition) is 0. The normalized spacial score (nSPS) is 15.8. The molecule has 1 aliphatic rings. The summed E-state index contributed by atoms with van der Waals surface area (Å²) in [4.78, 5) is 14.9. The SMILES string of the molecule is CCN(C[C@@H]1COc2ccccc2O1)c1cc(-n2ccnc2)ncn1. The lowest BCUT2D eigenvalue weighted by atomic mass is 10.2. The molecule has 0 aliphatic carbocycles. The van der Waals surface area contributed by atoms with Gasteiger partial charge in [0.25, 0.3) is 0 Å². The zero-order valence-electron chi connectivity index (χ0n) is 13.9. The summed E-state index contributed by atoms with van der Waals surface area (Å²) >= 11 is 0. The molecule has 1 atom stereocenters. The van der Waals surface area contributed by atoms with Crippen molar-refractivity contribution in [3.63, 3.8) is 0 Å². The van der Waals surface area contributed by atoms with Crippen LogP contribution in [0, 0.1) is 0 Å². The van der Waals surface area contributed by atoms with Gasteiger partial charge < -0.3 is 14.4 Å². The minimum absolute atomic E-state index is 0.0542. The Labute approximate surface area is 145 Å². The molecule has 0 unspecified atom stereocenters. The van der Waals surface area contributed by atoms with Gasteiger partial charge in [-0.1, -0.05) is 12.1 Å². The van der Waals surface area contributed by atoms with E-state index in [1.165, 1.54) is 0 Å². The average molecular weight is 337 g/mol. The highest BCUT2D eigenvalue weighted by Gasteiger charge is 2.23. The number of hydrogen-bond acceptors (Lipinski definition) is 6. The van der Waals surface area contributed by atoms with Gasteiger partial charge in [0.2, 0.25) is 0 Å². The number of ether oxygens (including phenoxy) is 2. The summed E-state index contributed by atoms with van der Waals surface area (Å²) in [5.74, 6) is 3.22. The van der Waals surface area contributed by atoms with Crippen molar-refractivity contribution in [2.24, 2.45) is 0 Å². The molecule has 128 valence electrons. The van der Waals surface area contributed by atoms with Gasteiger partial charge in [-0.2, -0.15) is 0 Å². The second-order valence-corrected chi connectivity index (χ2v) is 5.74. The van der Waals surface area contributed by atoms with Crippen molar-refractivity contribution in [3.05, 3.63) is 55.4 Å². The Morgan fingerprint density at radius 1 is 1.24 bits per heavy atom. The van der Waals surface area contributed by atoms with Crippen molar-refractivity contribution in [2.45, 2.75) is 13.0 Å². The first-order chi connectivity index (χ1) is 12.3. The Morgan fingerprint density at radius 2 is 2.12 bits per heavy atom. The van der Waals surface area contributed by atoms with E-state index in [1.54, 1.807) is 18.9 Å². The van der Waals surface area contributed by atoms with Gasteiger partial charge in [-0.05, 0) is 19.1 Å². The zero-order chi connectivity index (χ0) is 17.1. The predicted molar refractivity (Wildman–Crippen MR) is 93.4 cm³/mol. The summed E-state index contributed by atoms with van der Waals surface area (Å²) in [5, 5.41) is 0. The van der Waals surface area contributed by atoms with Crippen LogP contribution >= 0.6 is 0 Å². The molecule has 1 aliphatic heterocycles. The monoisotopic (exact) mass is 337 g/mol. The van der Waals surface area contributed by atoms with Gasteiger partial charge in [-0.25, -0.2) is 15.0 Å². The number of imidazole rings is 1. The minimum atomic E-state index is -0.0542. The third kappa shape index (κ3) is 3.26. The number of nitrogens with zero attached hydrogens (tertiary/aromatic N) is 5. The largest absolute Gasteiger partial charge is 0.486 e. The van der Waals surface area contributed by atoms with E-state index in [0.29, 0.717) is 13.2 Å². The van der Waals surface area contributed by atoms with E-state index in [0.717, 1.165) is 29.7 Å². The highest BCUT2D eigenvalue weighted by atomic mass is 16.6. The summed E-state index contributed by atoms with van der Waals surface area (Å²) in [7, 11) is 0. The average Bonchev–Trinajstić information content (AvgIpc) is 3.21. The molecule has 0 bridgehead atoms. The fraction of sp³-hybridized carbons (Fsp3) is 0.278. The number of likely N-dealkylation sites (N-methyl/N-ethyl adjacent to an activating group) is 1. The van der Waals surface area contributed by atoms with Crippen LogP contribution in [0.2, 0.25) is 0 Å². The molecule has 2 aromatic heterocycles. The maximum absolute atomic E-state index is 6.06. The summed E-state index contributed by atoms with van der Waals surface area (Å²) in [6.45, 7) is 4.11. The molecule has 25 heavy (non-hydrogen) atoms. The lowest BCUT2D eigenvalue weighted by molar-refractivity contribution is 0.0953. The third-order valence-corrected chi connectivity index (χ3v) is 4.10. The van der Waals surface area contributed by atoms with Gasteiger partial charge in [0.15, 0.2) is 17.6 Å². The zero-order valence-corrected chi connectivity index (χ0v) is 13.9. The Kier molecular flexibility index (Phi) is 4.20. The molecule has 0 spiro atoms. The molecule has 0 amide bonds. The van der Waals surface area contributed by atoms with Crippen LogP contribution in [-0.4, -0.2) is 45.3 Å². The van der Waals surface area contributed by atoms with Crippen molar-refractivity contribution in [2.75, 3.05) is 24.6 Å². The quantitative estimate of drug-likeness (QED) is 0.712. The second kappa shape index (κ2) is 6.80. The van der Waals surface area contributed by atoms with Crippen LogP contribution in [0.15, 0.2) is 55.4 Å². The number of para-hydroxylation sites is 2. The van der Waals surface area contributed by atoms with E-state index in [4.69, 9.17) is 9.47 Å². The van der Waals surface area contributed by atoms with Crippen molar-refractivity contribution in [1.29, 1.82) is 0 Å². The molecule has 0 saturated heterocycles. The van der Waals surface area contributed by atoms with Crippen LogP contribution in [0.5, 0.6) is 11.5 Å². The van der Waals surface area contributed by atoms with Crippen LogP contribution in [0.4, 0.5) is 5.82 Å². The van der Waals surface area contributed by atoms with Crippen molar-refractivity contribution < 1.29 is 9.47 Å². The standard InChI is InChI=1S/C18H19N5O2/c1-2-22(10-14-11-24-15-5-3-4-6-16(15)25-14)17-9-18(21-12-20-17)23-8-7-19-13-23/h3-9,12-14H,2,10-11H2,1H3/t14-/m1/s1. The molecule has 4 rings (SSSR count). The van der Waals surface area contributed by atoms with E-state index in [2.05, 4.69) is 26.8 Å². The minimum Gasteiger partial charge on any atom is -0.486 e. The van der Waals surface area contributed by atoms with E-state index in [9.17, 15) is 0 Å². The molecular weight excluding hydrogens is 318 g/mol. The van der Waals surface area contributed by atoms with Gasteiger partial charge in [0, 0.05) is 25.0 Å². The number of fused-ring (bicyclic) bond motifs is 1. The summed E-state index contributed by atoms with van der Waals surface area (Å²) in [5.41, 5.74) is 0. The molecule has 0 fully saturated rings. The van der Waals surface area contributed by atoms with Gasteiger partial charge in [-0.3, -0.25) is 4.57 Å². The number of aromatic nitrogens is 4. The number of rotatable bonds is 5. The summed E-state index contributed by atoms with van der Waals surface area (Å²) < 4.78 is 13.7. The Balaban J connectivity index is 1.51. The van der Waals surface area contributed by atoms with Crippen molar-refractivity contribution in [3.8, 4) is 17.3 Å². The first-order valence-electron chi connectivity index (χ1n) is 8.27. The Bertz CT molecular complexity index is 837. The lowest BCUT2D eigenvalue weighted by Crippen LogP contribution is -2.41. The van der Waals surface area contributed by atoms with E-state index < -0.39 is 0 Å². The molecule has 7 heteroatoms. The van der Waals surface area contributed by atoms with Crippen LogP contribution in [0.1, 0.15) is 6.92 Å². The summed E-state index contributed by atoms with van der Waals surface area (Å²) in [6, 6.07) is 9.69. The molecule has 7 nitrogen and oxygen atoms in total. The lowest BCUT2D eigenvalue weighted by Gasteiger charge is -2.31. The number of anilines is 1. The van der Waals surface area contributed by atoms with Gasteiger partial charge >= 0.3 is 0 Å². The fourth-order valence-corrected chi connectivity index (χ4v) is 2.83. The smallest absolute Gasteiger partial charge is 0.161 e. The molecule has 0 radical (unpaired) electrons. The molecule has 3 heterocycles. The number of benzene rings is 1. The van der Waals surface area contributed by atoms with E-state index >= 15 is 0 Å². The molecule has 0 saturated carbocycles. The van der Waals surface area contributed by atoms with E-state index in [1.807, 2.05) is 41.1 Å². The van der Waals surface area contributed by atoms with Crippen LogP contribution in [-0.2, 0) is 0 Å². The van der Waals surface area contributed by atoms with Crippen molar-refractivity contribution >= 4 is 5.82 Å². The fourth-order valence-electron chi connectivity index (χ4n) is 2.83. The van der Waals surface area contributed by atoms with Gasteiger partial charge in [0.1, 0.15) is 30.9 Å². The van der Waals surface area contributed by atoms with Crippen molar-refractivity contribution in [1.82, 2.24) is 19.5 Å². The Hall–Kier alpha value is -3.09. The maximum Gasteiger partial charge on any atom is 0.161 e. The maximum atomic E-state index is 6.06. The third-order valence-electron chi connectivity index (χ3n) is 4.10. The molecule has 3 aromatic rings. The molecule has 1 aromatic carbocycles. The first kappa shape index (κ1) is 15.4. The van der Waals surface area contributed by atoms with E-state index in [-0.39, 0.29) is 6.10 Å². The first-order valence-corrected chi connectivity index (χ1v) is 8.27. The molecular formula is C18H19N5O2.